The number of benzene rings is 2. The van der Waals surface area contributed by atoms with Gasteiger partial charge < -0.3 is 15.2 Å². The van der Waals surface area contributed by atoms with Gasteiger partial charge in [0.05, 0.1) is 0 Å². The zero-order valence-corrected chi connectivity index (χ0v) is 14.8. The van der Waals surface area contributed by atoms with Crippen LogP contribution < -0.4 is 5.32 Å². The monoisotopic (exact) mass is 351 g/mol. The van der Waals surface area contributed by atoms with Crippen molar-refractivity contribution in [2.75, 3.05) is 13.1 Å². The molecule has 0 saturated heterocycles. The normalized spacial score (nSPS) is 16.5. The van der Waals surface area contributed by atoms with Gasteiger partial charge in [0.1, 0.15) is 11.9 Å². The van der Waals surface area contributed by atoms with Crippen LogP contribution in [0, 0.1) is 5.82 Å². The third-order valence-electron chi connectivity index (χ3n) is 5.02. The molecule has 0 aliphatic carbocycles. The largest absolute Gasteiger partial charge is 0.356 e. The molecule has 2 aromatic carbocycles. The number of amides is 2. The van der Waals surface area contributed by atoms with Crippen LogP contribution in [0.4, 0.5) is 9.18 Å². The number of carbonyl (C=O) groups excluding carboxylic acids is 1. The number of nitrogens with one attached hydrogen (secondary N) is 2. The van der Waals surface area contributed by atoms with Gasteiger partial charge in [-0.1, -0.05) is 43.3 Å². The quantitative estimate of drug-likeness (QED) is 0.723. The molecule has 0 unspecified atom stereocenters. The van der Waals surface area contributed by atoms with Crippen molar-refractivity contribution < 1.29 is 9.18 Å². The number of halogens is 1. The molecular formula is C21H22FN3O. The first kappa shape index (κ1) is 16.6. The lowest BCUT2D eigenvalue weighted by atomic mass is 9.92. The van der Waals surface area contributed by atoms with Gasteiger partial charge in [-0.2, -0.15) is 0 Å². The third kappa shape index (κ3) is 2.73. The fourth-order valence-corrected chi connectivity index (χ4v) is 3.81. The summed E-state index contributed by atoms with van der Waals surface area (Å²) in [5.41, 5.74) is 3.63. The summed E-state index contributed by atoms with van der Waals surface area (Å²) in [4.78, 5) is 17.9. The second kappa shape index (κ2) is 6.83. The SMILES string of the molecule is CCCNC(=O)N1CCc2c([nH]c3ccccc23)[C@@H]1c1ccccc1F. The van der Waals surface area contributed by atoms with E-state index in [1.807, 2.05) is 31.2 Å². The molecule has 134 valence electrons. The predicted octanol–water partition coefficient (Wildman–Crippen LogP) is 4.37. The van der Waals surface area contributed by atoms with Crippen LogP contribution in [-0.2, 0) is 6.42 Å². The van der Waals surface area contributed by atoms with Crippen molar-refractivity contribution in [3.63, 3.8) is 0 Å². The number of nitrogens with zero attached hydrogens (tertiary/aromatic N) is 1. The molecule has 4 nitrogen and oxygen atoms in total. The molecule has 0 fully saturated rings. The van der Waals surface area contributed by atoms with Crippen molar-refractivity contribution in [3.05, 3.63) is 71.2 Å². The molecule has 2 N–H and O–H groups in total. The molecule has 3 aromatic rings. The number of rotatable bonds is 3. The van der Waals surface area contributed by atoms with E-state index < -0.39 is 6.04 Å². The number of aromatic amines is 1. The Morgan fingerprint density at radius 2 is 2.00 bits per heavy atom. The van der Waals surface area contributed by atoms with Gasteiger partial charge in [-0.05, 0) is 30.5 Å². The maximum atomic E-state index is 14.6. The van der Waals surface area contributed by atoms with Crippen LogP contribution >= 0.6 is 0 Å². The van der Waals surface area contributed by atoms with E-state index in [2.05, 4.69) is 16.4 Å². The highest BCUT2D eigenvalue weighted by Gasteiger charge is 2.35. The molecule has 5 heteroatoms. The number of fused-ring (bicyclic) bond motifs is 3. The van der Waals surface area contributed by atoms with E-state index in [4.69, 9.17) is 0 Å². The summed E-state index contributed by atoms with van der Waals surface area (Å²) >= 11 is 0. The maximum absolute atomic E-state index is 14.6. The number of carbonyl (C=O) groups is 1. The minimum absolute atomic E-state index is 0.149. The lowest BCUT2D eigenvalue weighted by Gasteiger charge is -2.36. The molecule has 2 heterocycles. The number of urea groups is 1. The molecule has 0 bridgehead atoms. The first-order valence-corrected chi connectivity index (χ1v) is 9.09. The highest BCUT2D eigenvalue weighted by atomic mass is 19.1. The Morgan fingerprint density at radius 3 is 2.81 bits per heavy atom. The Balaban J connectivity index is 1.85. The standard InChI is InChI=1S/C21H22FN3O/c1-2-12-23-21(26)25-13-11-15-14-7-4-6-10-18(14)24-19(15)20(25)16-8-3-5-9-17(16)22/h3-10,20,24H,2,11-13H2,1H3,(H,23,26)/t20-/m0/s1. The molecular weight excluding hydrogens is 329 g/mol. The Bertz CT molecular complexity index is 949. The number of H-pyrrole nitrogens is 1. The second-order valence-electron chi connectivity index (χ2n) is 6.66. The molecule has 1 atom stereocenters. The lowest BCUT2D eigenvalue weighted by Crippen LogP contribution is -2.46. The Kier molecular flexibility index (Phi) is 4.37. The summed E-state index contributed by atoms with van der Waals surface area (Å²) in [6.45, 7) is 3.18. The fourth-order valence-electron chi connectivity index (χ4n) is 3.81. The van der Waals surface area contributed by atoms with E-state index in [0.717, 1.165) is 29.4 Å². The van der Waals surface area contributed by atoms with Gasteiger partial charge in [0.15, 0.2) is 0 Å². The zero-order chi connectivity index (χ0) is 18.1. The molecule has 1 aliphatic heterocycles. The zero-order valence-electron chi connectivity index (χ0n) is 14.8. The minimum atomic E-state index is -0.454. The fraction of sp³-hybridized carbons (Fsp3) is 0.286. The van der Waals surface area contributed by atoms with Crippen LogP contribution in [-0.4, -0.2) is 29.0 Å². The number of para-hydroxylation sites is 1. The van der Waals surface area contributed by atoms with Gasteiger partial charge in [0.2, 0.25) is 0 Å². The van der Waals surface area contributed by atoms with Crippen LogP contribution in [0.15, 0.2) is 48.5 Å². The van der Waals surface area contributed by atoms with E-state index in [0.29, 0.717) is 18.7 Å². The van der Waals surface area contributed by atoms with Gasteiger partial charge >= 0.3 is 6.03 Å². The number of hydrogen-bond donors (Lipinski definition) is 2. The van der Waals surface area contributed by atoms with Crippen molar-refractivity contribution in [2.45, 2.75) is 25.8 Å². The first-order chi connectivity index (χ1) is 12.7. The number of aromatic nitrogens is 1. The highest BCUT2D eigenvalue weighted by molar-refractivity contribution is 5.86. The Hall–Kier alpha value is -2.82. The van der Waals surface area contributed by atoms with Gasteiger partial charge in [0, 0.05) is 35.2 Å². The Labute approximate surface area is 152 Å². The first-order valence-electron chi connectivity index (χ1n) is 9.09. The second-order valence-corrected chi connectivity index (χ2v) is 6.66. The van der Waals surface area contributed by atoms with Crippen LogP contribution in [0.25, 0.3) is 10.9 Å². The summed E-state index contributed by atoms with van der Waals surface area (Å²) in [5.74, 6) is -0.294. The van der Waals surface area contributed by atoms with E-state index in [1.54, 1.807) is 17.0 Å². The van der Waals surface area contributed by atoms with Crippen LogP contribution in [0.5, 0.6) is 0 Å². The molecule has 2 amide bonds. The van der Waals surface area contributed by atoms with Crippen molar-refractivity contribution in [1.82, 2.24) is 15.2 Å². The van der Waals surface area contributed by atoms with Crippen molar-refractivity contribution in [3.8, 4) is 0 Å². The predicted molar refractivity (Wildman–Crippen MR) is 101 cm³/mol. The molecule has 1 aliphatic rings. The van der Waals surface area contributed by atoms with Crippen molar-refractivity contribution in [2.24, 2.45) is 0 Å². The van der Waals surface area contributed by atoms with Crippen LogP contribution in [0.3, 0.4) is 0 Å². The van der Waals surface area contributed by atoms with E-state index in [1.165, 1.54) is 11.6 Å². The molecule has 0 radical (unpaired) electrons. The topological polar surface area (TPSA) is 48.1 Å². The minimum Gasteiger partial charge on any atom is -0.356 e. The van der Waals surface area contributed by atoms with Crippen molar-refractivity contribution >= 4 is 16.9 Å². The molecule has 0 saturated carbocycles. The lowest BCUT2D eigenvalue weighted by molar-refractivity contribution is 0.178. The van der Waals surface area contributed by atoms with E-state index in [9.17, 15) is 9.18 Å². The average Bonchev–Trinajstić information content (AvgIpc) is 3.04. The summed E-state index contributed by atoms with van der Waals surface area (Å²) < 4.78 is 14.6. The van der Waals surface area contributed by atoms with Gasteiger partial charge in [0.25, 0.3) is 0 Å². The van der Waals surface area contributed by atoms with E-state index >= 15 is 0 Å². The Morgan fingerprint density at radius 1 is 1.23 bits per heavy atom. The highest BCUT2D eigenvalue weighted by Crippen LogP contribution is 2.39. The number of hydrogen-bond acceptors (Lipinski definition) is 1. The van der Waals surface area contributed by atoms with Crippen LogP contribution in [0.1, 0.15) is 36.2 Å². The summed E-state index contributed by atoms with van der Waals surface area (Å²) in [6, 6.07) is 14.2. The van der Waals surface area contributed by atoms with E-state index in [-0.39, 0.29) is 11.8 Å². The van der Waals surface area contributed by atoms with Gasteiger partial charge in [-0.25, -0.2) is 9.18 Å². The smallest absolute Gasteiger partial charge is 0.318 e. The van der Waals surface area contributed by atoms with Crippen LogP contribution in [0.2, 0.25) is 0 Å². The van der Waals surface area contributed by atoms with Crippen molar-refractivity contribution in [1.29, 1.82) is 0 Å². The molecule has 4 rings (SSSR count). The average molecular weight is 351 g/mol. The molecule has 26 heavy (non-hydrogen) atoms. The third-order valence-corrected chi connectivity index (χ3v) is 5.02. The van der Waals surface area contributed by atoms with Gasteiger partial charge in [-0.15, -0.1) is 0 Å². The summed E-state index contributed by atoms with van der Waals surface area (Å²) in [5, 5.41) is 4.09. The summed E-state index contributed by atoms with van der Waals surface area (Å²) in [7, 11) is 0. The van der Waals surface area contributed by atoms with Gasteiger partial charge in [-0.3, -0.25) is 0 Å². The maximum Gasteiger partial charge on any atom is 0.318 e. The summed E-state index contributed by atoms with van der Waals surface area (Å²) in [6.07, 6.45) is 1.62. The molecule has 1 aromatic heterocycles. The molecule has 0 spiro atoms.